The number of aromatic nitrogens is 2. The Balaban J connectivity index is 2.43. The van der Waals surface area contributed by atoms with E-state index in [1.165, 1.54) is 18.6 Å². The highest BCUT2D eigenvalue weighted by atomic mass is 16.2. The Kier molecular flexibility index (Phi) is 7.24. The molecule has 1 N–H and O–H groups in total. The number of nitrogens with one attached hydrogen (secondary N) is 1. The summed E-state index contributed by atoms with van der Waals surface area (Å²) < 4.78 is 0. The zero-order valence-corrected chi connectivity index (χ0v) is 12.1. The molecule has 0 aromatic carbocycles. The van der Waals surface area contributed by atoms with Crippen molar-refractivity contribution in [2.45, 2.75) is 33.1 Å². The fourth-order valence-electron chi connectivity index (χ4n) is 1.70. The standard InChI is InChI=1S/C14H22N4O2/c1-3-5-7-17-13(19)6-10-18(4-2)14(20)12-11-15-8-9-16-12/h8-9,11H,3-7,10H2,1-2H3,(H,17,19). The summed E-state index contributed by atoms with van der Waals surface area (Å²) in [6.07, 6.45) is 6.77. The lowest BCUT2D eigenvalue weighted by Crippen LogP contribution is -2.35. The second-order valence-electron chi connectivity index (χ2n) is 4.43. The first-order valence-electron chi connectivity index (χ1n) is 7.01. The van der Waals surface area contributed by atoms with E-state index in [0.717, 1.165) is 12.8 Å². The van der Waals surface area contributed by atoms with Gasteiger partial charge in [0.1, 0.15) is 5.69 Å². The summed E-state index contributed by atoms with van der Waals surface area (Å²) in [4.78, 5) is 33.2. The lowest BCUT2D eigenvalue weighted by Gasteiger charge is -2.19. The van der Waals surface area contributed by atoms with E-state index < -0.39 is 0 Å². The van der Waals surface area contributed by atoms with E-state index in [4.69, 9.17) is 0 Å². The van der Waals surface area contributed by atoms with Gasteiger partial charge in [0.25, 0.3) is 5.91 Å². The van der Waals surface area contributed by atoms with Gasteiger partial charge < -0.3 is 10.2 Å². The number of unbranched alkanes of at least 4 members (excludes halogenated alkanes) is 1. The molecule has 0 fully saturated rings. The number of amides is 2. The molecule has 0 bridgehead atoms. The molecule has 1 rings (SSSR count). The van der Waals surface area contributed by atoms with Gasteiger partial charge in [0.2, 0.25) is 5.91 Å². The van der Waals surface area contributed by atoms with Gasteiger partial charge in [-0.3, -0.25) is 14.6 Å². The second-order valence-corrected chi connectivity index (χ2v) is 4.43. The fourth-order valence-corrected chi connectivity index (χ4v) is 1.70. The molecular weight excluding hydrogens is 256 g/mol. The minimum Gasteiger partial charge on any atom is -0.356 e. The first kappa shape index (κ1) is 16.1. The molecule has 20 heavy (non-hydrogen) atoms. The lowest BCUT2D eigenvalue weighted by molar-refractivity contribution is -0.121. The van der Waals surface area contributed by atoms with Crippen LogP contribution in [0.5, 0.6) is 0 Å². The van der Waals surface area contributed by atoms with Crippen LogP contribution in [0.15, 0.2) is 18.6 Å². The van der Waals surface area contributed by atoms with Crippen molar-refractivity contribution in [3.05, 3.63) is 24.3 Å². The Labute approximate surface area is 119 Å². The molecule has 0 saturated heterocycles. The number of carbonyl (C=O) groups excluding carboxylic acids is 2. The molecule has 2 amide bonds. The van der Waals surface area contributed by atoms with E-state index in [2.05, 4.69) is 22.2 Å². The zero-order chi connectivity index (χ0) is 14.8. The minimum atomic E-state index is -0.193. The molecule has 0 aliphatic rings. The summed E-state index contributed by atoms with van der Waals surface area (Å²) in [5, 5.41) is 2.84. The van der Waals surface area contributed by atoms with Crippen molar-refractivity contribution < 1.29 is 9.59 Å². The molecule has 0 saturated carbocycles. The van der Waals surface area contributed by atoms with E-state index in [1.54, 1.807) is 4.90 Å². The normalized spacial score (nSPS) is 10.1. The summed E-state index contributed by atoms with van der Waals surface area (Å²) in [5.41, 5.74) is 0.306. The van der Waals surface area contributed by atoms with Gasteiger partial charge in [-0.15, -0.1) is 0 Å². The van der Waals surface area contributed by atoms with Gasteiger partial charge in [-0.2, -0.15) is 0 Å². The summed E-state index contributed by atoms with van der Waals surface area (Å²) in [6, 6.07) is 0. The molecule has 0 spiro atoms. The van der Waals surface area contributed by atoms with E-state index in [0.29, 0.717) is 31.7 Å². The maximum absolute atomic E-state index is 12.1. The highest BCUT2D eigenvalue weighted by Crippen LogP contribution is 2.01. The van der Waals surface area contributed by atoms with Crippen molar-refractivity contribution in [3.8, 4) is 0 Å². The number of hydrogen-bond acceptors (Lipinski definition) is 4. The topological polar surface area (TPSA) is 75.2 Å². The predicted octanol–water partition coefficient (Wildman–Crippen LogP) is 1.25. The quantitative estimate of drug-likeness (QED) is 0.726. The molecule has 1 heterocycles. The Hall–Kier alpha value is -1.98. The van der Waals surface area contributed by atoms with E-state index in [9.17, 15) is 9.59 Å². The largest absolute Gasteiger partial charge is 0.356 e. The number of hydrogen-bond donors (Lipinski definition) is 1. The Morgan fingerprint density at radius 2 is 2.10 bits per heavy atom. The van der Waals surface area contributed by atoms with Crippen molar-refractivity contribution in [2.24, 2.45) is 0 Å². The summed E-state index contributed by atoms with van der Waals surface area (Å²) >= 11 is 0. The first-order valence-corrected chi connectivity index (χ1v) is 7.01. The van der Waals surface area contributed by atoms with Gasteiger partial charge in [0.05, 0.1) is 6.20 Å². The molecule has 0 aliphatic heterocycles. The molecule has 6 heteroatoms. The molecule has 0 atom stereocenters. The van der Waals surface area contributed by atoms with Gasteiger partial charge in [0, 0.05) is 38.4 Å². The van der Waals surface area contributed by atoms with Crippen LogP contribution in [0.3, 0.4) is 0 Å². The number of rotatable bonds is 8. The molecular formula is C14H22N4O2. The van der Waals surface area contributed by atoms with Crippen LogP contribution in [0.2, 0.25) is 0 Å². The Morgan fingerprint density at radius 1 is 1.30 bits per heavy atom. The van der Waals surface area contributed by atoms with Crippen LogP contribution < -0.4 is 5.32 Å². The van der Waals surface area contributed by atoms with Gasteiger partial charge in [-0.1, -0.05) is 13.3 Å². The first-order chi connectivity index (χ1) is 9.69. The monoisotopic (exact) mass is 278 g/mol. The third kappa shape index (κ3) is 5.34. The van der Waals surface area contributed by atoms with Crippen LogP contribution in [0.1, 0.15) is 43.6 Å². The molecule has 1 aromatic rings. The van der Waals surface area contributed by atoms with Crippen LogP contribution in [0.25, 0.3) is 0 Å². The van der Waals surface area contributed by atoms with Gasteiger partial charge in [-0.05, 0) is 13.3 Å². The van der Waals surface area contributed by atoms with Gasteiger partial charge in [0.15, 0.2) is 0 Å². The minimum absolute atomic E-state index is 0.0242. The van der Waals surface area contributed by atoms with Gasteiger partial charge >= 0.3 is 0 Å². The smallest absolute Gasteiger partial charge is 0.274 e. The van der Waals surface area contributed by atoms with Crippen molar-refractivity contribution >= 4 is 11.8 Å². The fraction of sp³-hybridized carbons (Fsp3) is 0.571. The summed E-state index contributed by atoms with van der Waals surface area (Å²) in [7, 11) is 0. The van der Waals surface area contributed by atoms with Crippen molar-refractivity contribution in [1.29, 1.82) is 0 Å². The van der Waals surface area contributed by atoms with Crippen molar-refractivity contribution in [3.63, 3.8) is 0 Å². The summed E-state index contributed by atoms with van der Waals surface area (Å²) in [6.45, 7) is 5.58. The average Bonchev–Trinajstić information content (AvgIpc) is 2.49. The molecule has 6 nitrogen and oxygen atoms in total. The Bertz CT molecular complexity index is 422. The lowest BCUT2D eigenvalue weighted by atomic mass is 10.3. The van der Waals surface area contributed by atoms with E-state index >= 15 is 0 Å². The molecule has 0 unspecified atom stereocenters. The summed E-state index contributed by atoms with van der Waals surface area (Å²) in [5.74, 6) is -0.217. The van der Waals surface area contributed by atoms with Crippen LogP contribution in [0.4, 0.5) is 0 Å². The predicted molar refractivity (Wildman–Crippen MR) is 76.1 cm³/mol. The molecule has 0 aliphatic carbocycles. The number of carbonyl (C=O) groups is 2. The Morgan fingerprint density at radius 3 is 2.70 bits per heavy atom. The van der Waals surface area contributed by atoms with Gasteiger partial charge in [-0.25, -0.2) is 4.98 Å². The molecule has 110 valence electrons. The third-order valence-corrected chi connectivity index (χ3v) is 2.91. The van der Waals surface area contributed by atoms with Crippen LogP contribution in [-0.2, 0) is 4.79 Å². The van der Waals surface area contributed by atoms with Crippen LogP contribution in [0, 0.1) is 0 Å². The zero-order valence-electron chi connectivity index (χ0n) is 12.1. The highest BCUT2D eigenvalue weighted by molar-refractivity contribution is 5.92. The highest BCUT2D eigenvalue weighted by Gasteiger charge is 2.16. The van der Waals surface area contributed by atoms with Crippen molar-refractivity contribution in [2.75, 3.05) is 19.6 Å². The van der Waals surface area contributed by atoms with Crippen LogP contribution in [-0.4, -0.2) is 46.3 Å². The van der Waals surface area contributed by atoms with E-state index in [-0.39, 0.29) is 11.8 Å². The number of nitrogens with zero attached hydrogens (tertiary/aromatic N) is 3. The van der Waals surface area contributed by atoms with Crippen molar-refractivity contribution in [1.82, 2.24) is 20.2 Å². The third-order valence-electron chi connectivity index (χ3n) is 2.91. The van der Waals surface area contributed by atoms with E-state index in [1.807, 2.05) is 6.92 Å². The average molecular weight is 278 g/mol. The molecule has 1 aromatic heterocycles. The maximum Gasteiger partial charge on any atom is 0.274 e. The van der Waals surface area contributed by atoms with Crippen LogP contribution >= 0.6 is 0 Å². The SMILES string of the molecule is CCCCNC(=O)CCN(CC)C(=O)c1cnccn1. The second kappa shape index (κ2) is 9.01. The maximum atomic E-state index is 12.1. The molecule has 0 radical (unpaired) electrons.